The fraction of sp³-hybridized carbons (Fsp3) is 0.900. The number of hydrogen-bond acceptors (Lipinski definition) is 3. The van der Waals surface area contributed by atoms with Crippen LogP contribution in [-0.2, 0) is 0 Å². The first-order valence-electron chi connectivity index (χ1n) is 4.95. The second-order valence-electron chi connectivity index (χ2n) is 4.19. The molecule has 0 aliphatic carbocycles. The third-order valence-electron chi connectivity index (χ3n) is 2.54. The summed E-state index contributed by atoms with van der Waals surface area (Å²) in [5.74, 6) is 1.36. The van der Waals surface area contributed by atoms with Gasteiger partial charge in [0.05, 0.1) is 12.7 Å². The maximum atomic E-state index is 9.42. The van der Waals surface area contributed by atoms with Crippen molar-refractivity contribution in [3.05, 3.63) is 5.92 Å². The molecule has 13 heavy (non-hydrogen) atoms. The smallest absolute Gasteiger partial charge is 0.0587 e. The highest BCUT2D eigenvalue weighted by molar-refractivity contribution is 4.88. The molecular formula is C10H20NO2. The third-order valence-corrected chi connectivity index (χ3v) is 2.54. The van der Waals surface area contributed by atoms with Crippen molar-refractivity contribution in [2.45, 2.75) is 38.8 Å². The molecule has 0 aromatic rings. The van der Waals surface area contributed by atoms with Crippen molar-refractivity contribution in [2.24, 2.45) is 0 Å². The van der Waals surface area contributed by atoms with Crippen LogP contribution in [0.25, 0.3) is 0 Å². The monoisotopic (exact) mass is 186 g/mol. The summed E-state index contributed by atoms with van der Waals surface area (Å²) in [6.07, 6.45) is 1.33. The number of rotatable bonds is 3. The molecule has 0 bridgehead atoms. The first-order chi connectivity index (χ1) is 6.13. The lowest BCUT2D eigenvalue weighted by Gasteiger charge is -2.37. The average molecular weight is 186 g/mol. The summed E-state index contributed by atoms with van der Waals surface area (Å²) < 4.78 is 0. The Morgan fingerprint density at radius 1 is 1.46 bits per heavy atom. The lowest BCUT2D eigenvalue weighted by atomic mass is 9.99. The fourth-order valence-corrected chi connectivity index (χ4v) is 1.88. The van der Waals surface area contributed by atoms with Crippen LogP contribution in [0.4, 0.5) is 0 Å². The Kier molecular flexibility index (Phi) is 4.16. The molecule has 1 fully saturated rings. The largest absolute Gasteiger partial charge is 0.395 e. The first kappa shape index (κ1) is 11.0. The molecule has 0 aromatic heterocycles. The van der Waals surface area contributed by atoms with Crippen molar-refractivity contribution in [2.75, 3.05) is 19.7 Å². The van der Waals surface area contributed by atoms with E-state index in [4.69, 9.17) is 5.11 Å². The van der Waals surface area contributed by atoms with Gasteiger partial charge < -0.3 is 10.2 Å². The van der Waals surface area contributed by atoms with Crippen molar-refractivity contribution < 1.29 is 10.2 Å². The van der Waals surface area contributed by atoms with Crippen molar-refractivity contribution in [1.82, 2.24) is 4.90 Å². The van der Waals surface area contributed by atoms with Gasteiger partial charge in [-0.15, -0.1) is 0 Å². The molecule has 0 aromatic carbocycles. The molecule has 1 heterocycles. The summed E-state index contributed by atoms with van der Waals surface area (Å²) in [6.45, 7) is 6.19. The SMILES string of the molecule is C[C](C)CN1CCC(O)CC1CO. The van der Waals surface area contributed by atoms with Gasteiger partial charge in [0.15, 0.2) is 0 Å². The highest BCUT2D eigenvalue weighted by Crippen LogP contribution is 2.18. The maximum Gasteiger partial charge on any atom is 0.0587 e. The predicted octanol–water partition coefficient (Wildman–Crippen LogP) is 0.418. The van der Waals surface area contributed by atoms with Crippen LogP contribution >= 0.6 is 0 Å². The molecule has 3 nitrogen and oxygen atoms in total. The summed E-state index contributed by atoms with van der Waals surface area (Å²) >= 11 is 0. The minimum absolute atomic E-state index is 0.152. The molecular weight excluding hydrogens is 166 g/mol. The van der Waals surface area contributed by atoms with E-state index in [1.54, 1.807) is 0 Å². The van der Waals surface area contributed by atoms with E-state index >= 15 is 0 Å². The van der Waals surface area contributed by atoms with Gasteiger partial charge in [-0.25, -0.2) is 0 Å². The van der Waals surface area contributed by atoms with E-state index in [1.807, 2.05) is 0 Å². The zero-order valence-electron chi connectivity index (χ0n) is 8.53. The molecule has 0 spiro atoms. The fourth-order valence-electron chi connectivity index (χ4n) is 1.88. The second kappa shape index (κ2) is 4.94. The number of likely N-dealkylation sites (tertiary alicyclic amines) is 1. The summed E-state index contributed by atoms with van der Waals surface area (Å²) in [5, 5.41) is 18.5. The van der Waals surface area contributed by atoms with Crippen LogP contribution in [0.2, 0.25) is 0 Å². The zero-order valence-corrected chi connectivity index (χ0v) is 8.53. The van der Waals surface area contributed by atoms with Crippen molar-refractivity contribution in [1.29, 1.82) is 0 Å². The van der Waals surface area contributed by atoms with Gasteiger partial charge in [0, 0.05) is 19.1 Å². The van der Waals surface area contributed by atoms with Gasteiger partial charge in [0.2, 0.25) is 0 Å². The van der Waals surface area contributed by atoms with Gasteiger partial charge in [-0.3, -0.25) is 4.90 Å². The highest BCUT2D eigenvalue weighted by atomic mass is 16.3. The van der Waals surface area contributed by atoms with Crippen LogP contribution in [0.1, 0.15) is 26.7 Å². The van der Waals surface area contributed by atoms with E-state index in [-0.39, 0.29) is 18.8 Å². The zero-order chi connectivity index (χ0) is 9.84. The van der Waals surface area contributed by atoms with E-state index in [1.165, 1.54) is 5.92 Å². The molecule has 2 N–H and O–H groups in total. The Balaban J connectivity index is 2.42. The van der Waals surface area contributed by atoms with Crippen molar-refractivity contribution >= 4 is 0 Å². The lowest BCUT2D eigenvalue weighted by molar-refractivity contribution is 0.0195. The van der Waals surface area contributed by atoms with E-state index in [0.717, 1.165) is 19.5 Å². The lowest BCUT2D eigenvalue weighted by Crippen LogP contribution is -2.47. The average Bonchev–Trinajstić information content (AvgIpc) is 2.07. The number of aliphatic hydroxyl groups is 2. The highest BCUT2D eigenvalue weighted by Gasteiger charge is 2.26. The van der Waals surface area contributed by atoms with E-state index in [2.05, 4.69) is 18.7 Å². The molecule has 0 amide bonds. The van der Waals surface area contributed by atoms with Crippen molar-refractivity contribution in [3.8, 4) is 0 Å². The van der Waals surface area contributed by atoms with E-state index in [0.29, 0.717) is 6.42 Å². The van der Waals surface area contributed by atoms with Gasteiger partial charge in [0.1, 0.15) is 0 Å². The molecule has 1 aliphatic rings. The molecule has 1 radical (unpaired) electrons. The molecule has 0 saturated carbocycles. The normalized spacial score (nSPS) is 31.2. The minimum atomic E-state index is -0.217. The third kappa shape index (κ3) is 3.25. The Hall–Kier alpha value is -0.120. The number of hydrogen-bond donors (Lipinski definition) is 2. The summed E-state index contributed by atoms with van der Waals surface area (Å²) in [5.41, 5.74) is 0. The molecule has 1 rings (SSSR count). The van der Waals surface area contributed by atoms with Crippen LogP contribution in [0.5, 0.6) is 0 Å². The van der Waals surface area contributed by atoms with Crippen LogP contribution in [0, 0.1) is 5.92 Å². The molecule has 1 saturated heterocycles. The van der Waals surface area contributed by atoms with Crippen LogP contribution in [0.15, 0.2) is 0 Å². The van der Waals surface area contributed by atoms with Gasteiger partial charge >= 0.3 is 0 Å². The van der Waals surface area contributed by atoms with Gasteiger partial charge in [-0.05, 0) is 18.8 Å². The Bertz CT molecular complexity index is 150. The molecule has 2 atom stereocenters. The van der Waals surface area contributed by atoms with Gasteiger partial charge in [-0.1, -0.05) is 13.8 Å². The van der Waals surface area contributed by atoms with Gasteiger partial charge in [-0.2, -0.15) is 0 Å². The predicted molar refractivity (Wildman–Crippen MR) is 52.3 cm³/mol. The summed E-state index contributed by atoms with van der Waals surface area (Å²) in [7, 11) is 0. The molecule has 1 aliphatic heterocycles. The Morgan fingerprint density at radius 2 is 2.15 bits per heavy atom. The van der Waals surface area contributed by atoms with Crippen LogP contribution in [-0.4, -0.2) is 47.0 Å². The van der Waals surface area contributed by atoms with Gasteiger partial charge in [0.25, 0.3) is 0 Å². The van der Waals surface area contributed by atoms with E-state index in [9.17, 15) is 5.11 Å². The molecule has 2 unspecified atom stereocenters. The minimum Gasteiger partial charge on any atom is -0.395 e. The topological polar surface area (TPSA) is 43.7 Å². The Morgan fingerprint density at radius 3 is 2.69 bits per heavy atom. The second-order valence-corrected chi connectivity index (χ2v) is 4.19. The van der Waals surface area contributed by atoms with Crippen molar-refractivity contribution in [3.63, 3.8) is 0 Å². The summed E-state index contributed by atoms with van der Waals surface area (Å²) in [4.78, 5) is 2.25. The molecule has 3 heteroatoms. The number of piperidine rings is 1. The molecule has 77 valence electrons. The first-order valence-corrected chi connectivity index (χ1v) is 4.95. The summed E-state index contributed by atoms with van der Waals surface area (Å²) in [6, 6.07) is 0.152. The Labute approximate surface area is 80.4 Å². The number of aliphatic hydroxyl groups excluding tert-OH is 2. The quantitative estimate of drug-likeness (QED) is 0.671. The standard InChI is InChI=1S/C10H20NO2/c1-8(2)6-11-4-3-10(13)5-9(11)7-12/h9-10,12-13H,3-7H2,1-2H3. The maximum absolute atomic E-state index is 9.42. The van der Waals surface area contributed by atoms with E-state index < -0.39 is 0 Å². The van der Waals surface area contributed by atoms with Crippen LogP contribution < -0.4 is 0 Å². The number of nitrogens with zero attached hydrogens (tertiary/aromatic N) is 1. The van der Waals surface area contributed by atoms with Crippen LogP contribution in [0.3, 0.4) is 0 Å².